The summed E-state index contributed by atoms with van der Waals surface area (Å²) in [4.78, 5) is 24.2. The molecule has 0 aliphatic rings. The fraction of sp³-hybridized carbons (Fsp3) is 0.100. The molecule has 0 aliphatic heterocycles. The number of rotatable bonds is 4. The number of hydrogen-bond donors (Lipinski definition) is 2. The molecule has 0 atom stereocenters. The number of carboxylic acids is 1. The highest BCUT2D eigenvalue weighted by molar-refractivity contribution is 6.11. The summed E-state index contributed by atoms with van der Waals surface area (Å²) in [6, 6.07) is 10.4. The number of carbonyl (C=O) groups is 1. The van der Waals surface area contributed by atoms with Gasteiger partial charge >= 0.3 is 12.0 Å². The van der Waals surface area contributed by atoms with Crippen molar-refractivity contribution in [2.24, 2.45) is 0 Å². The molecule has 3 N–H and O–H groups in total. The first kappa shape index (κ1) is 17.0. The molecule has 0 unspecified atom stereocenters. The molecule has 5 aromatic rings. The van der Waals surface area contributed by atoms with Crippen molar-refractivity contribution in [1.82, 2.24) is 19.5 Å². The highest BCUT2D eigenvalue weighted by Crippen LogP contribution is 2.34. The lowest BCUT2D eigenvalue weighted by atomic mass is 10.1. The van der Waals surface area contributed by atoms with Crippen molar-refractivity contribution in [2.75, 3.05) is 12.3 Å². The van der Waals surface area contributed by atoms with Crippen molar-refractivity contribution < 1.29 is 19.1 Å². The number of anilines is 1. The van der Waals surface area contributed by atoms with Gasteiger partial charge in [0.2, 0.25) is 0 Å². The van der Waals surface area contributed by atoms with Gasteiger partial charge < -0.3 is 24.6 Å². The van der Waals surface area contributed by atoms with E-state index < -0.39 is 5.97 Å². The topological polar surface area (TPSA) is 129 Å². The van der Waals surface area contributed by atoms with Crippen LogP contribution in [0.4, 0.5) is 5.82 Å². The van der Waals surface area contributed by atoms with Crippen molar-refractivity contribution in [3.05, 3.63) is 48.3 Å². The summed E-state index contributed by atoms with van der Waals surface area (Å²) >= 11 is 0. The molecule has 0 aliphatic carbocycles. The van der Waals surface area contributed by atoms with E-state index in [1.54, 1.807) is 24.3 Å². The van der Waals surface area contributed by atoms with Crippen LogP contribution in [0.15, 0.2) is 47.1 Å². The van der Waals surface area contributed by atoms with Crippen molar-refractivity contribution in [3.8, 4) is 11.8 Å². The second-order valence-corrected chi connectivity index (χ2v) is 6.39. The molecule has 0 saturated heterocycles. The average Bonchev–Trinajstić information content (AvgIpc) is 3.26. The molecule has 3 heterocycles. The molecule has 0 amide bonds. The van der Waals surface area contributed by atoms with Crippen LogP contribution >= 0.6 is 0 Å². The highest BCUT2D eigenvalue weighted by atomic mass is 16.6. The molecule has 0 radical (unpaired) electrons. The molecule has 0 saturated carbocycles. The Morgan fingerprint density at radius 1 is 1.24 bits per heavy atom. The van der Waals surface area contributed by atoms with E-state index in [4.69, 9.17) is 14.9 Å². The molecule has 0 spiro atoms. The van der Waals surface area contributed by atoms with Crippen molar-refractivity contribution in [2.45, 2.75) is 6.92 Å². The number of nitrogens with zero attached hydrogens (tertiary/aromatic N) is 4. The summed E-state index contributed by atoms with van der Waals surface area (Å²) in [6.45, 7) is 2.30. The van der Waals surface area contributed by atoms with Crippen LogP contribution in [0.5, 0.6) is 6.08 Å². The lowest BCUT2D eigenvalue weighted by Crippen LogP contribution is -1.99. The maximum Gasteiger partial charge on any atom is 0.394 e. The lowest BCUT2D eigenvalue weighted by Gasteiger charge is -2.08. The van der Waals surface area contributed by atoms with Gasteiger partial charge in [0.25, 0.3) is 0 Å². The quantitative estimate of drug-likeness (QED) is 0.478. The Hall–Kier alpha value is -4.14. The van der Waals surface area contributed by atoms with Gasteiger partial charge in [-0.1, -0.05) is 0 Å². The predicted molar refractivity (Wildman–Crippen MR) is 106 cm³/mol. The number of aromatic carboxylic acids is 1. The Balaban J connectivity index is 1.83. The first-order valence-corrected chi connectivity index (χ1v) is 8.88. The molecule has 0 fully saturated rings. The monoisotopic (exact) mass is 389 g/mol. The van der Waals surface area contributed by atoms with Gasteiger partial charge in [0, 0.05) is 11.1 Å². The minimum atomic E-state index is -1.01. The number of aromatic nitrogens is 4. The van der Waals surface area contributed by atoms with Gasteiger partial charge in [-0.15, -0.1) is 0 Å². The summed E-state index contributed by atoms with van der Waals surface area (Å²) in [6.07, 6.45) is 1.57. The average molecular weight is 389 g/mol. The standard InChI is InChI=1S/C20H15N5O4/c1-2-28-20-24-13-8-11(4-6-15(13)29-20)25-14-5-3-10(19(26)27)7-12(14)16-17(25)18(21)23-9-22-16/h3-9H,2H2,1H3,(H,26,27)(H2,21,22,23). The molecular formula is C20H15N5O4. The van der Waals surface area contributed by atoms with Gasteiger partial charge in [0.1, 0.15) is 22.9 Å². The zero-order valence-corrected chi connectivity index (χ0v) is 15.3. The van der Waals surface area contributed by atoms with Crippen LogP contribution in [0, 0.1) is 0 Å². The summed E-state index contributed by atoms with van der Waals surface area (Å²) in [5.74, 6) is -0.722. The Labute approximate surface area is 163 Å². The number of fused-ring (bicyclic) bond motifs is 4. The van der Waals surface area contributed by atoms with Gasteiger partial charge in [-0.2, -0.15) is 4.98 Å². The van der Waals surface area contributed by atoms with Crippen LogP contribution < -0.4 is 10.5 Å². The third-order valence-electron chi connectivity index (χ3n) is 4.69. The van der Waals surface area contributed by atoms with E-state index in [1.807, 2.05) is 23.6 Å². The molecule has 144 valence electrons. The number of hydrogen-bond acceptors (Lipinski definition) is 7. The van der Waals surface area contributed by atoms with Crippen LogP contribution in [-0.2, 0) is 0 Å². The van der Waals surface area contributed by atoms with E-state index in [0.717, 1.165) is 11.2 Å². The van der Waals surface area contributed by atoms with Gasteiger partial charge in [0.15, 0.2) is 11.4 Å². The van der Waals surface area contributed by atoms with Gasteiger partial charge in [0.05, 0.1) is 17.7 Å². The lowest BCUT2D eigenvalue weighted by molar-refractivity contribution is 0.0697. The molecule has 3 aromatic heterocycles. The number of ether oxygens (including phenoxy) is 1. The molecule has 9 heteroatoms. The maximum atomic E-state index is 11.4. The van der Waals surface area contributed by atoms with Crippen LogP contribution in [0.3, 0.4) is 0 Å². The summed E-state index contributed by atoms with van der Waals surface area (Å²) in [7, 11) is 0. The molecule has 5 rings (SSSR count). The van der Waals surface area contributed by atoms with Crippen molar-refractivity contribution in [3.63, 3.8) is 0 Å². The Kier molecular flexibility index (Phi) is 3.63. The van der Waals surface area contributed by atoms with Crippen LogP contribution in [0.2, 0.25) is 0 Å². The first-order chi connectivity index (χ1) is 14.1. The van der Waals surface area contributed by atoms with Crippen molar-refractivity contribution in [1.29, 1.82) is 0 Å². The zero-order chi connectivity index (χ0) is 20.1. The van der Waals surface area contributed by atoms with Crippen LogP contribution in [0.1, 0.15) is 17.3 Å². The second kappa shape index (κ2) is 6.20. The van der Waals surface area contributed by atoms with E-state index in [9.17, 15) is 9.90 Å². The largest absolute Gasteiger partial charge is 0.478 e. The summed E-state index contributed by atoms with van der Waals surface area (Å²) < 4.78 is 12.8. The maximum absolute atomic E-state index is 11.4. The van der Waals surface area contributed by atoms with E-state index in [-0.39, 0.29) is 11.6 Å². The number of carboxylic acid groups (broad SMARTS) is 1. The highest BCUT2D eigenvalue weighted by Gasteiger charge is 2.19. The SMILES string of the molecule is CCOc1nc2cc(-n3c4ccc(C(=O)O)cc4c4ncnc(N)c43)ccc2o1. The minimum absolute atomic E-state index is 0.169. The van der Waals surface area contributed by atoms with E-state index in [1.165, 1.54) is 6.33 Å². The smallest absolute Gasteiger partial charge is 0.394 e. The van der Waals surface area contributed by atoms with Crippen LogP contribution in [0.25, 0.3) is 38.7 Å². The normalized spacial score (nSPS) is 11.5. The van der Waals surface area contributed by atoms with Crippen molar-refractivity contribution >= 4 is 44.8 Å². The summed E-state index contributed by atoms with van der Waals surface area (Å²) in [5, 5.41) is 10.0. The van der Waals surface area contributed by atoms with E-state index >= 15 is 0 Å². The van der Waals surface area contributed by atoms with E-state index in [0.29, 0.717) is 39.9 Å². The minimum Gasteiger partial charge on any atom is -0.478 e. The Morgan fingerprint density at radius 3 is 2.90 bits per heavy atom. The molecule has 9 nitrogen and oxygen atoms in total. The molecule has 29 heavy (non-hydrogen) atoms. The fourth-order valence-electron chi connectivity index (χ4n) is 3.47. The molecular weight excluding hydrogens is 374 g/mol. The third-order valence-corrected chi connectivity index (χ3v) is 4.69. The number of nitrogen functional groups attached to an aromatic ring is 1. The predicted octanol–water partition coefficient (Wildman–Crippen LogP) is 3.39. The van der Waals surface area contributed by atoms with E-state index in [2.05, 4.69) is 15.0 Å². The number of benzene rings is 2. The Morgan fingerprint density at radius 2 is 2.10 bits per heavy atom. The fourth-order valence-corrected chi connectivity index (χ4v) is 3.47. The second-order valence-electron chi connectivity index (χ2n) is 6.39. The number of nitrogens with two attached hydrogens (primary N) is 1. The molecule has 2 aromatic carbocycles. The Bertz CT molecular complexity index is 1420. The zero-order valence-electron chi connectivity index (χ0n) is 15.3. The van der Waals surface area contributed by atoms with Gasteiger partial charge in [-0.3, -0.25) is 0 Å². The summed E-state index contributed by atoms with van der Waals surface area (Å²) in [5.41, 5.74) is 10.2. The molecule has 0 bridgehead atoms. The van der Waals surface area contributed by atoms with Gasteiger partial charge in [-0.25, -0.2) is 14.8 Å². The first-order valence-electron chi connectivity index (χ1n) is 8.88. The third kappa shape index (κ3) is 2.55. The number of oxazole rings is 1. The van der Waals surface area contributed by atoms with Crippen LogP contribution in [-0.4, -0.2) is 37.2 Å². The van der Waals surface area contributed by atoms with Gasteiger partial charge in [-0.05, 0) is 43.3 Å².